The Labute approximate surface area is 764 Å². The summed E-state index contributed by atoms with van der Waals surface area (Å²) in [6.45, 7) is 71.3. The van der Waals surface area contributed by atoms with Crippen LogP contribution in [0.1, 0.15) is 394 Å². The molecule has 0 spiro atoms. The highest BCUT2D eigenvalue weighted by Gasteiger charge is 2.38. The van der Waals surface area contributed by atoms with E-state index in [0.717, 1.165) is 40.5 Å². The molecule has 0 bridgehead atoms. The molecule has 0 fully saturated rings. The second-order valence-electron chi connectivity index (χ2n) is 36.4. The summed E-state index contributed by atoms with van der Waals surface area (Å²) in [4.78, 5) is 11.1. The third-order valence-electron chi connectivity index (χ3n) is 21.9. The van der Waals surface area contributed by atoms with Crippen LogP contribution in [0.4, 0.5) is 43.9 Å². The number of alkyl halides is 9. The minimum Gasteiger partial charge on any atom is -0.497 e. The van der Waals surface area contributed by atoms with E-state index >= 15 is 0 Å². The van der Waals surface area contributed by atoms with Crippen molar-refractivity contribution < 1.29 is 53.4 Å². The molecule has 0 aliphatic rings. The van der Waals surface area contributed by atoms with E-state index in [9.17, 15) is 48.7 Å². The fourth-order valence-electron chi connectivity index (χ4n) is 14.4. The van der Waals surface area contributed by atoms with Gasteiger partial charge in [0, 0.05) is 10.0 Å². The number of halogens is 11. The highest BCUT2D eigenvalue weighted by atomic mass is 79.9. The van der Waals surface area contributed by atoms with Gasteiger partial charge in [0.1, 0.15) is 11.6 Å². The van der Waals surface area contributed by atoms with Crippen molar-refractivity contribution in [2.75, 3.05) is 7.11 Å². The first kappa shape index (κ1) is 115. The number of carbonyl (C=O) groups is 1. The summed E-state index contributed by atoms with van der Waals surface area (Å²) in [5.41, 5.74) is 25.8. The van der Waals surface area contributed by atoms with E-state index in [1.165, 1.54) is 150 Å². The molecule has 0 aliphatic heterocycles. The fraction of sp³-hybridized carbons (Fsp3) is 0.460. The lowest BCUT2D eigenvalue weighted by Crippen LogP contribution is -2.13. The molecule has 0 saturated carbocycles. The van der Waals surface area contributed by atoms with Crippen LogP contribution in [0.3, 0.4) is 0 Å². The first-order valence-electron chi connectivity index (χ1n) is 44.9. The van der Waals surface area contributed by atoms with E-state index in [2.05, 4.69) is 312 Å². The van der Waals surface area contributed by atoms with Crippen LogP contribution < -0.4 is 4.74 Å². The Kier molecular flexibility index (Phi) is 50.7. The second-order valence-corrected chi connectivity index (χ2v) is 37.3. The van der Waals surface area contributed by atoms with E-state index in [0.29, 0.717) is 71.5 Å². The molecular formula is C113H153BrF10O2. The molecule has 0 radical (unpaired) electrons. The fourth-order valence-corrected chi connectivity index (χ4v) is 14.8. The van der Waals surface area contributed by atoms with Crippen LogP contribution in [0, 0.1) is 68.1 Å². The number of methoxy groups -OCH3 is 1. The highest BCUT2D eigenvalue weighted by Crippen LogP contribution is 2.40. The van der Waals surface area contributed by atoms with Gasteiger partial charge in [-0.05, 0) is 337 Å². The minimum absolute atomic E-state index is 0.122. The van der Waals surface area contributed by atoms with Gasteiger partial charge in [0.05, 0.1) is 23.8 Å². The lowest BCUT2D eigenvalue weighted by molar-refractivity contribution is -0.142. The Hall–Kier alpha value is -8.55. The number of hydrogen-bond acceptors (Lipinski definition) is 2. The van der Waals surface area contributed by atoms with Gasteiger partial charge >= 0.3 is 18.5 Å². The number of rotatable bonds is 16. The van der Waals surface area contributed by atoms with Crippen molar-refractivity contribution in [2.24, 2.45) is 0 Å². The second kappa shape index (κ2) is 55.4. The van der Waals surface area contributed by atoms with Crippen LogP contribution in [-0.2, 0) is 31.4 Å². The molecule has 0 N–H and O–H groups in total. The molecular weight excluding hydrogens is 1660 g/mol. The first-order chi connectivity index (χ1) is 58.3. The van der Waals surface area contributed by atoms with Crippen molar-refractivity contribution in [3.63, 3.8) is 0 Å². The molecule has 0 heterocycles. The molecule has 10 rings (SSSR count). The molecule has 0 atom stereocenters. The average molecular weight is 1810 g/mol. The molecule has 10 aromatic rings. The Morgan fingerprint density at radius 3 is 1.08 bits per heavy atom. The maximum atomic E-state index is 12.7. The van der Waals surface area contributed by atoms with Gasteiger partial charge in [-0.2, -0.15) is 39.5 Å². The molecule has 0 amide bonds. The summed E-state index contributed by atoms with van der Waals surface area (Å²) < 4.78 is 131. The van der Waals surface area contributed by atoms with E-state index in [-0.39, 0.29) is 23.1 Å². The molecule has 0 unspecified atom stereocenters. The van der Waals surface area contributed by atoms with Crippen molar-refractivity contribution >= 4 is 21.7 Å². The van der Waals surface area contributed by atoms with Gasteiger partial charge in [-0.1, -0.05) is 309 Å². The zero-order valence-electron chi connectivity index (χ0n) is 82.8. The highest BCUT2D eigenvalue weighted by molar-refractivity contribution is 9.10. The largest absolute Gasteiger partial charge is 0.497 e. The van der Waals surface area contributed by atoms with Crippen molar-refractivity contribution in [1.29, 1.82) is 0 Å². The summed E-state index contributed by atoms with van der Waals surface area (Å²) in [5, 5.41) is 0. The van der Waals surface area contributed by atoms with E-state index in [1.807, 2.05) is 58.0 Å². The number of carbonyl (C=O) groups excluding carboxylic acids is 1. The van der Waals surface area contributed by atoms with E-state index in [1.54, 1.807) is 20.1 Å². The van der Waals surface area contributed by atoms with Gasteiger partial charge in [-0.15, -0.1) is 0 Å². The Balaban J connectivity index is 0.000000702. The number of benzene rings is 10. The Morgan fingerprint density at radius 2 is 0.683 bits per heavy atom. The summed E-state index contributed by atoms with van der Waals surface area (Å²) in [5.74, 6) is 5.75. The topological polar surface area (TPSA) is 26.3 Å². The molecule has 10 aromatic carbocycles. The zero-order valence-corrected chi connectivity index (χ0v) is 84.4. The summed E-state index contributed by atoms with van der Waals surface area (Å²) in [6, 6.07) is 57.9. The van der Waals surface area contributed by atoms with Crippen molar-refractivity contribution in [3.8, 4) is 5.75 Å². The van der Waals surface area contributed by atoms with Gasteiger partial charge in [0.25, 0.3) is 0 Å². The zero-order chi connectivity index (χ0) is 96.9. The molecule has 2 nitrogen and oxygen atoms in total. The van der Waals surface area contributed by atoms with E-state index < -0.39 is 41.1 Å². The maximum absolute atomic E-state index is 12.7. The van der Waals surface area contributed by atoms with Gasteiger partial charge in [0.2, 0.25) is 0 Å². The maximum Gasteiger partial charge on any atom is 0.416 e. The smallest absolute Gasteiger partial charge is 0.416 e. The summed E-state index contributed by atoms with van der Waals surface area (Å²) in [6.07, 6.45) is -9.91. The third-order valence-corrected chi connectivity index (χ3v) is 22.4. The third kappa shape index (κ3) is 40.8. The Morgan fingerprint density at radius 1 is 0.333 bits per heavy atom. The van der Waals surface area contributed by atoms with Crippen LogP contribution in [0.5, 0.6) is 5.75 Å². The normalized spacial score (nSPS) is 11.2. The number of aryl methyl sites for hydroxylation is 11. The van der Waals surface area contributed by atoms with Crippen molar-refractivity contribution in [2.45, 2.75) is 338 Å². The van der Waals surface area contributed by atoms with E-state index in [4.69, 9.17) is 4.74 Å². The number of ether oxygens (including phenoxy) is 1. The van der Waals surface area contributed by atoms with Crippen LogP contribution in [0.15, 0.2) is 193 Å². The molecule has 13 heteroatoms. The van der Waals surface area contributed by atoms with Crippen LogP contribution in [0.2, 0.25) is 0 Å². The van der Waals surface area contributed by atoms with Crippen LogP contribution in [-0.4, -0.2) is 12.9 Å². The van der Waals surface area contributed by atoms with Crippen LogP contribution >= 0.6 is 15.9 Å². The van der Waals surface area contributed by atoms with Gasteiger partial charge in [0.15, 0.2) is 5.78 Å². The number of Topliss-reactive ketones (excluding diaryl/α,β-unsaturated/α-hetero) is 1. The summed E-state index contributed by atoms with van der Waals surface area (Å²) >= 11 is 3.46. The molecule has 0 aliphatic carbocycles. The predicted molar refractivity (Wildman–Crippen MR) is 525 cm³/mol. The van der Waals surface area contributed by atoms with Gasteiger partial charge in [-0.25, -0.2) is 4.39 Å². The first-order valence-corrected chi connectivity index (χ1v) is 45.7. The predicted octanol–water partition coefficient (Wildman–Crippen LogP) is 37.7. The average Bonchev–Trinajstić information content (AvgIpc) is 0.795. The quantitative estimate of drug-likeness (QED) is 0.0712. The van der Waals surface area contributed by atoms with Crippen LogP contribution in [0.25, 0.3) is 0 Å². The van der Waals surface area contributed by atoms with Gasteiger partial charge < -0.3 is 4.74 Å². The monoisotopic (exact) mass is 1810 g/mol. The molecule has 126 heavy (non-hydrogen) atoms. The minimum atomic E-state index is -4.64. The Bertz CT molecular complexity index is 4700. The van der Waals surface area contributed by atoms with Crippen molar-refractivity contribution in [3.05, 3.63) is 343 Å². The molecule has 694 valence electrons. The summed E-state index contributed by atoms with van der Waals surface area (Å²) in [7, 11) is 1.70. The SMILES string of the molecule is CC(=O)c1ccc(C)c(C(C)C)c1.CC(C)c1cc(C(F)(F)F)ccc1C(F)(F)F.CCCc1ccccc1C(C)C.CCc1ccc(C)c(C(C)C)c1.COc1ccc(C)c(C(C)C)c1.Cc1ccc(Br)cc1C(C)C.Cc1ccc(C(C)C)cc1C(C)C.Cc1ccc(C(F)(F)F)cc1C(C)C.Cc1ccc(C)c(C(C)C)c1.Cc1ccc(F)cc1C(C)C. The number of hydrogen-bond donors (Lipinski definition) is 0. The lowest BCUT2D eigenvalue weighted by Gasteiger charge is -2.17. The van der Waals surface area contributed by atoms with Crippen molar-refractivity contribution in [1.82, 2.24) is 0 Å². The number of ketones is 1. The lowest BCUT2D eigenvalue weighted by atomic mass is 9.92. The molecule has 0 saturated heterocycles. The standard InChI is InChI=1S/C13H20.C12H16O.2C12H18.C11H10F6.C11H13F3.C11H16O.C11H16.C10H13Br.C10H13F/c1-9(2)12-7-6-11(5)13(8-12)10(3)4;1-8(2)12-7-11(10(4)13)6-5-9(12)3;1-5-11-7-6-10(4)12(8-11)9(2)3;1-4-7-11-8-5-6-9-12(11)10(2)3;1-6(2)8-5-7(10(12,13)14)3-4-9(8)11(15,16)17;1-7(2)10-6-9(11(12,13)14)5-4-8(10)3;1-8(2)11-7-10(12-4)6-5-9(11)3;1-8(2)11-7-9(3)5-6-10(11)4;2*1-7(2)10-6-9(11)5-4-8(10)3/h6-10H,1-5H3;5-8H,1-4H3;6-9H,5H2,1-4H3;5-6,8-10H,4,7H2,1-3H3;3-6H,1-2H3;4-7H,1-3H3;5-8H,1-4H3;5-8H,1-4H3;2*4-7H,1-3H3. The molecule has 0 aromatic heterocycles. The van der Waals surface area contributed by atoms with Gasteiger partial charge in [-0.3, -0.25) is 4.79 Å².